The first-order valence-corrected chi connectivity index (χ1v) is 4.61. The highest BCUT2D eigenvalue weighted by Crippen LogP contribution is 2.08. The number of ketones is 2. The molecule has 0 heterocycles. The molecule has 6 heteroatoms. The Morgan fingerprint density at radius 3 is 1.06 bits per heavy atom. The number of esters is 2. The zero-order chi connectivity index (χ0) is 12.9. The molecule has 0 bridgehead atoms. The second-order valence-corrected chi connectivity index (χ2v) is 3.28. The zero-order valence-electron chi connectivity index (χ0n) is 9.60. The minimum atomic E-state index is -1.38. The van der Waals surface area contributed by atoms with Gasteiger partial charge in [0.05, 0.1) is 0 Å². The summed E-state index contributed by atoms with van der Waals surface area (Å²) in [5.41, 5.74) is 0. The van der Waals surface area contributed by atoms with Crippen LogP contribution < -0.4 is 0 Å². The van der Waals surface area contributed by atoms with Crippen molar-refractivity contribution >= 4 is 23.5 Å². The number of ether oxygens (including phenoxy) is 2. The third-order valence-electron chi connectivity index (χ3n) is 1.66. The van der Waals surface area contributed by atoms with Crippen LogP contribution in [-0.2, 0) is 28.7 Å². The molecule has 0 aliphatic rings. The molecule has 0 rings (SSSR count). The molecule has 90 valence electrons. The number of rotatable bonds is 5. The van der Waals surface area contributed by atoms with Gasteiger partial charge >= 0.3 is 11.9 Å². The highest BCUT2D eigenvalue weighted by atomic mass is 16.6. The van der Waals surface area contributed by atoms with E-state index in [4.69, 9.17) is 0 Å². The SMILES string of the molecule is CC(=O)OC(C(C)=O)C(OC(C)=O)C(C)=O. The molecule has 0 saturated heterocycles. The van der Waals surface area contributed by atoms with E-state index < -0.39 is 35.7 Å². The Bertz CT molecular complexity index is 287. The maximum absolute atomic E-state index is 11.2. The quantitative estimate of drug-likeness (QED) is 0.619. The summed E-state index contributed by atoms with van der Waals surface area (Å²) in [6.45, 7) is 4.49. The van der Waals surface area contributed by atoms with E-state index in [9.17, 15) is 19.2 Å². The molecule has 0 N–H and O–H groups in total. The van der Waals surface area contributed by atoms with Crippen molar-refractivity contribution in [3.8, 4) is 0 Å². The molecule has 0 aliphatic heterocycles. The van der Waals surface area contributed by atoms with Crippen molar-refractivity contribution in [3.63, 3.8) is 0 Å². The van der Waals surface area contributed by atoms with E-state index in [1.807, 2.05) is 0 Å². The predicted octanol–water partition coefficient (Wildman–Crippen LogP) is 0.0278. The Hall–Kier alpha value is -1.72. The largest absolute Gasteiger partial charge is 0.450 e. The van der Waals surface area contributed by atoms with Crippen LogP contribution in [0.25, 0.3) is 0 Å². The van der Waals surface area contributed by atoms with Gasteiger partial charge in [-0.25, -0.2) is 0 Å². The molecule has 0 aromatic heterocycles. The van der Waals surface area contributed by atoms with Gasteiger partial charge in [0.25, 0.3) is 0 Å². The molecule has 0 amide bonds. The van der Waals surface area contributed by atoms with E-state index in [0.29, 0.717) is 0 Å². The normalized spacial score (nSPS) is 13.5. The van der Waals surface area contributed by atoms with Crippen LogP contribution in [0, 0.1) is 0 Å². The third kappa shape index (κ3) is 4.68. The van der Waals surface area contributed by atoms with Crippen molar-refractivity contribution < 1.29 is 28.7 Å². The van der Waals surface area contributed by atoms with Gasteiger partial charge in [-0.15, -0.1) is 0 Å². The van der Waals surface area contributed by atoms with Gasteiger partial charge < -0.3 is 9.47 Å². The van der Waals surface area contributed by atoms with Gasteiger partial charge in [0.15, 0.2) is 11.6 Å². The lowest BCUT2D eigenvalue weighted by Crippen LogP contribution is -2.43. The Morgan fingerprint density at radius 1 is 0.688 bits per heavy atom. The van der Waals surface area contributed by atoms with E-state index in [1.54, 1.807) is 0 Å². The van der Waals surface area contributed by atoms with Gasteiger partial charge in [-0.3, -0.25) is 19.2 Å². The average Bonchev–Trinajstić information content (AvgIpc) is 2.09. The summed E-state index contributed by atoms with van der Waals surface area (Å²) in [6, 6.07) is 0. The minimum Gasteiger partial charge on any atom is -0.450 e. The number of Topliss-reactive ketones (excluding diaryl/α,β-unsaturated/α-hetero) is 2. The Kier molecular flexibility index (Phi) is 5.35. The van der Waals surface area contributed by atoms with Gasteiger partial charge in [0, 0.05) is 13.8 Å². The fourth-order valence-corrected chi connectivity index (χ4v) is 1.07. The second-order valence-electron chi connectivity index (χ2n) is 3.28. The van der Waals surface area contributed by atoms with E-state index in [2.05, 4.69) is 9.47 Å². The van der Waals surface area contributed by atoms with Gasteiger partial charge in [-0.1, -0.05) is 0 Å². The maximum atomic E-state index is 11.2. The lowest BCUT2D eigenvalue weighted by Gasteiger charge is -2.21. The predicted molar refractivity (Wildman–Crippen MR) is 52.5 cm³/mol. The van der Waals surface area contributed by atoms with Crippen molar-refractivity contribution in [3.05, 3.63) is 0 Å². The van der Waals surface area contributed by atoms with Crippen LogP contribution in [0.2, 0.25) is 0 Å². The fraction of sp³-hybridized carbons (Fsp3) is 0.600. The summed E-state index contributed by atoms with van der Waals surface area (Å²) in [5, 5.41) is 0. The molecule has 16 heavy (non-hydrogen) atoms. The number of carbonyl (C=O) groups is 4. The van der Waals surface area contributed by atoms with E-state index in [0.717, 1.165) is 27.7 Å². The molecule has 2 atom stereocenters. The monoisotopic (exact) mass is 230 g/mol. The molecule has 0 radical (unpaired) electrons. The number of hydrogen-bond donors (Lipinski definition) is 0. The summed E-state index contributed by atoms with van der Waals surface area (Å²) in [6.07, 6.45) is -2.75. The molecule has 0 aromatic rings. The van der Waals surface area contributed by atoms with Gasteiger partial charge in [0.1, 0.15) is 0 Å². The van der Waals surface area contributed by atoms with Crippen LogP contribution in [0.3, 0.4) is 0 Å². The highest BCUT2D eigenvalue weighted by molar-refractivity contribution is 5.93. The maximum Gasteiger partial charge on any atom is 0.303 e. The van der Waals surface area contributed by atoms with Crippen LogP contribution in [0.1, 0.15) is 27.7 Å². The third-order valence-corrected chi connectivity index (χ3v) is 1.66. The summed E-state index contributed by atoms with van der Waals surface area (Å²) in [4.78, 5) is 43.9. The highest BCUT2D eigenvalue weighted by Gasteiger charge is 2.34. The molecular formula is C10H14O6. The first kappa shape index (κ1) is 14.3. The van der Waals surface area contributed by atoms with Gasteiger partial charge in [-0.2, -0.15) is 0 Å². The first-order chi connectivity index (χ1) is 7.25. The molecule has 0 fully saturated rings. The van der Waals surface area contributed by atoms with E-state index in [1.165, 1.54) is 0 Å². The van der Waals surface area contributed by atoms with Crippen LogP contribution in [0.15, 0.2) is 0 Å². The van der Waals surface area contributed by atoms with Crippen LogP contribution in [0.5, 0.6) is 0 Å². The summed E-state index contributed by atoms with van der Waals surface area (Å²) in [7, 11) is 0. The van der Waals surface area contributed by atoms with Crippen molar-refractivity contribution in [1.29, 1.82) is 0 Å². The van der Waals surface area contributed by atoms with Crippen molar-refractivity contribution in [1.82, 2.24) is 0 Å². The second kappa shape index (κ2) is 5.99. The van der Waals surface area contributed by atoms with Gasteiger partial charge in [0.2, 0.25) is 12.2 Å². The summed E-state index contributed by atoms with van der Waals surface area (Å²) < 4.78 is 9.30. The standard InChI is InChI=1S/C10H14O6/c1-5(11)9(15-7(3)13)10(6(2)12)16-8(4)14/h9-10H,1-4H3. The Balaban J connectivity index is 4.93. The minimum absolute atomic E-state index is 0.559. The molecule has 0 spiro atoms. The molecule has 2 unspecified atom stereocenters. The van der Waals surface area contributed by atoms with E-state index >= 15 is 0 Å². The fourth-order valence-electron chi connectivity index (χ4n) is 1.07. The molecule has 6 nitrogen and oxygen atoms in total. The first-order valence-electron chi connectivity index (χ1n) is 4.61. The Morgan fingerprint density at radius 2 is 0.938 bits per heavy atom. The number of carbonyl (C=O) groups excluding carboxylic acids is 4. The summed E-state index contributed by atoms with van der Waals surface area (Å²) >= 11 is 0. The van der Waals surface area contributed by atoms with Crippen molar-refractivity contribution in [2.45, 2.75) is 39.9 Å². The molecule has 0 saturated carbocycles. The Labute approximate surface area is 92.9 Å². The van der Waals surface area contributed by atoms with Crippen LogP contribution in [-0.4, -0.2) is 35.7 Å². The lowest BCUT2D eigenvalue weighted by molar-refractivity contribution is -0.172. The molecule has 0 aliphatic carbocycles. The van der Waals surface area contributed by atoms with E-state index in [-0.39, 0.29) is 0 Å². The van der Waals surface area contributed by atoms with Crippen LogP contribution >= 0.6 is 0 Å². The van der Waals surface area contributed by atoms with Crippen molar-refractivity contribution in [2.24, 2.45) is 0 Å². The topological polar surface area (TPSA) is 86.7 Å². The van der Waals surface area contributed by atoms with Crippen molar-refractivity contribution in [2.75, 3.05) is 0 Å². The zero-order valence-corrected chi connectivity index (χ0v) is 9.60. The average molecular weight is 230 g/mol. The lowest BCUT2D eigenvalue weighted by atomic mass is 10.1. The number of hydrogen-bond acceptors (Lipinski definition) is 6. The smallest absolute Gasteiger partial charge is 0.303 e. The molecule has 0 aromatic carbocycles. The van der Waals surface area contributed by atoms with Crippen LogP contribution in [0.4, 0.5) is 0 Å². The molecular weight excluding hydrogens is 216 g/mol. The summed E-state index contributed by atoms with van der Waals surface area (Å²) in [5.74, 6) is -2.56. The van der Waals surface area contributed by atoms with Gasteiger partial charge in [-0.05, 0) is 13.8 Å².